The summed E-state index contributed by atoms with van der Waals surface area (Å²) in [6, 6.07) is 0. The molecule has 1 atom stereocenters. The van der Waals surface area contributed by atoms with Gasteiger partial charge < -0.3 is 15.5 Å². The molecule has 0 amide bonds. The zero-order valence-electron chi connectivity index (χ0n) is 9.78. The Balaban J connectivity index is 2.26. The third-order valence-electron chi connectivity index (χ3n) is 2.62. The fourth-order valence-electron chi connectivity index (χ4n) is 1.55. The summed E-state index contributed by atoms with van der Waals surface area (Å²) >= 11 is 0. The van der Waals surface area contributed by atoms with Crippen LogP contribution in [0.2, 0.25) is 0 Å². The second-order valence-corrected chi connectivity index (χ2v) is 3.92. The number of imidazole rings is 1. The summed E-state index contributed by atoms with van der Waals surface area (Å²) in [6.45, 7) is 1.98. The lowest BCUT2D eigenvalue weighted by Crippen LogP contribution is -2.11. The number of aromatic amines is 2. The predicted molar refractivity (Wildman–Crippen MR) is 63.7 cm³/mol. The van der Waals surface area contributed by atoms with Crippen molar-refractivity contribution in [3.8, 4) is 0 Å². The molecule has 1 unspecified atom stereocenters. The van der Waals surface area contributed by atoms with Crippen LogP contribution >= 0.6 is 0 Å². The van der Waals surface area contributed by atoms with Crippen molar-refractivity contribution < 1.29 is 4.74 Å². The molecule has 0 radical (unpaired) electrons. The minimum absolute atomic E-state index is 0.0748. The van der Waals surface area contributed by atoms with Crippen molar-refractivity contribution in [2.24, 2.45) is 0 Å². The molecule has 0 aliphatic carbocycles. The van der Waals surface area contributed by atoms with Crippen molar-refractivity contribution in [2.45, 2.75) is 25.9 Å². The van der Waals surface area contributed by atoms with Crippen LogP contribution in [-0.4, -0.2) is 33.1 Å². The predicted octanol–water partition coefficient (Wildman–Crippen LogP) is 0.196. The van der Waals surface area contributed by atoms with Gasteiger partial charge in [0.15, 0.2) is 11.2 Å². The number of ether oxygens (including phenoxy) is 1. The summed E-state index contributed by atoms with van der Waals surface area (Å²) in [6.07, 6.45) is 1.67. The van der Waals surface area contributed by atoms with Crippen molar-refractivity contribution >= 4 is 17.1 Å². The van der Waals surface area contributed by atoms with Crippen LogP contribution in [0, 0.1) is 0 Å². The number of methoxy groups -OCH3 is 1. The van der Waals surface area contributed by atoms with E-state index in [9.17, 15) is 4.79 Å². The number of aromatic nitrogens is 4. The van der Waals surface area contributed by atoms with E-state index in [0.717, 1.165) is 6.42 Å². The molecule has 2 rings (SSSR count). The number of nitrogens with zero attached hydrogens (tertiary/aromatic N) is 2. The standard InChI is InChI=1S/C10H15N5O2/c1-5(17-2)3-4-6-12-7-8(13-6)14-10(11)15-9(7)16/h5H,3-4H2,1-2H3,(H4,11,12,13,14,15,16). The molecule has 0 aliphatic rings. The van der Waals surface area contributed by atoms with Gasteiger partial charge in [0.25, 0.3) is 5.56 Å². The largest absolute Gasteiger partial charge is 0.382 e. The van der Waals surface area contributed by atoms with Crippen molar-refractivity contribution in [1.82, 2.24) is 19.9 Å². The van der Waals surface area contributed by atoms with Crippen molar-refractivity contribution in [2.75, 3.05) is 12.8 Å². The van der Waals surface area contributed by atoms with Gasteiger partial charge in [-0.25, -0.2) is 4.98 Å². The van der Waals surface area contributed by atoms with E-state index in [0.29, 0.717) is 23.4 Å². The van der Waals surface area contributed by atoms with Gasteiger partial charge in [-0.15, -0.1) is 0 Å². The molecule has 0 aliphatic heterocycles. The van der Waals surface area contributed by atoms with Gasteiger partial charge in [-0.2, -0.15) is 4.98 Å². The fourth-order valence-corrected chi connectivity index (χ4v) is 1.55. The molecule has 0 fully saturated rings. The van der Waals surface area contributed by atoms with Gasteiger partial charge in [-0.05, 0) is 13.3 Å². The van der Waals surface area contributed by atoms with Gasteiger partial charge in [-0.1, -0.05) is 0 Å². The van der Waals surface area contributed by atoms with Crippen LogP contribution in [0.5, 0.6) is 0 Å². The van der Waals surface area contributed by atoms with E-state index in [1.807, 2.05) is 6.92 Å². The highest BCUT2D eigenvalue weighted by molar-refractivity contribution is 5.70. The lowest BCUT2D eigenvalue weighted by Gasteiger charge is -2.06. The summed E-state index contributed by atoms with van der Waals surface area (Å²) in [4.78, 5) is 25.1. The molecular formula is C10H15N5O2. The van der Waals surface area contributed by atoms with E-state index in [2.05, 4.69) is 19.9 Å². The summed E-state index contributed by atoms with van der Waals surface area (Å²) < 4.78 is 5.14. The highest BCUT2D eigenvalue weighted by Gasteiger charge is 2.09. The number of hydrogen-bond acceptors (Lipinski definition) is 5. The molecule has 2 aromatic rings. The lowest BCUT2D eigenvalue weighted by molar-refractivity contribution is 0.111. The van der Waals surface area contributed by atoms with Crippen LogP contribution in [0.3, 0.4) is 0 Å². The zero-order valence-corrected chi connectivity index (χ0v) is 9.78. The number of rotatable bonds is 4. The Bertz CT molecular complexity index is 574. The van der Waals surface area contributed by atoms with E-state index < -0.39 is 0 Å². The number of nitrogens with two attached hydrogens (primary N) is 1. The van der Waals surface area contributed by atoms with Gasteiger partial charge in [0.05, 0.1) is 6.10 Å². The van der Waals surface area contributed by atoms with Crippen LogP contribution in [0.1, 0.15) is 19.2 Å². The third kappa shape index (κ3) is 2.44. The molecule has 7 heteroatoms. The molecule has 17 heavy (non-hydrogen) atoms. The maximum atomic E-state index is 11.5. The first-order chi connectivity index (χ1) is 8.10. The molecule has 92 valence electrons. The molecule has 4 N–H and O–H groups in total. The third-order valence-corrected chi connectivity index (χ3v) is 2.62. The van der Waals surface area contributed by atoms with Gasteiger partial charge in [-0.3, -0.25) is 9.78 Å². The van der Waals surface area contributed by atoms with E-state index >= 15 is 0 Å². The average molecular weight is 237 g/mol. The van der Waals surface area contributed by atoms with Crippen LogP contribution in [0.4, 0.5) is 5.95 Å². The van der Waals surface area contributed by atoms with Crippen molar-refractivity contribution in [1.29, 1.82) is 0 Å². The Morgan fingerprint density at radius 2 is 2.18 bits per heavy atom. The zero-order chi connectivity index (χ0) is 12.4. The second kappa shape index (κ2) is 4.54. The van der Waals surface area contributed by atoms with Gasteiger partial charge in [0.2, 0.25) is 5.95 Å². The maximum absolute atomic E-state index is 11.5. The summed E-state index contributed by atoms with van der Waals surface area (Å²) in [5.41, 5.74) is 5.85. The Hall–Kier alpha value is -1.89. The van der Waals surface area contributed by atoms with Crippen LogP contribution in [0.25, 0.3) is 11.2 Å². The quantitative estimate of drug-likeness (QED) is 0.703. The smallest absolute Gasteiger partial charge is 0.278 e. The number of H-pyrrole nitrogens is 2. The van der Waals surface area contributed by atoms with Crippen LogP contribution in [0.15, 0.2) is 4.79 Å². The second-order valence-electron chi connectivity index (χ2n) is 3.92. The SMILES string of the molecule is COC(C)CCc1nc2nc(N)[nH]c(=O)c2[nH]1. The van der Waals surface area contributed by atoms with Crippen LogP contribution < -0.4 is 11.3 Å². The molecular weight excluding hydrogens is 222 g/mol. The molecule has 0 aromatic carbocycles. The highest BCUT2D eigenvalue weighted by atomic mass is 16.5. The average Bonchev–Trinajstić information content (AvgIpc) is 2.69. The molecule has 7 nitrogen and oxygen atoms in total. The Morgan fingerprint density at radius 3 is 2.88 bits per heavy atom. The molecule has 0 bridgehead atoms. The minimum Gasteiger partial charge on any atom is -0.382 e. The summed E-state index contributed by atoms with van der Waals surface area (Å²) in [5, 5.41) is 0. The number of nitrogen functional groups attached to an aromatic ring is 1. The topological polar surface area (TPSA) is 110 Å². The van der Waals surface area contributed by atoms with E-state index in [1.54, 1.807) is 7.11 Å². The van der Waals surface area contributed by atoms with E-state index in [1.165, 1.54) is 0 Å². The first-order valence-corrected chi connectivity index (χ1v) is 5.37. The Kier molecular flexibility index (Phi) is 3.10. The highest BCUT2D eigenvalue weighted by Crippen LogP contribution is 2.08. The first-order valence-electron chi connectivity index (χ1n) is 5.37. The number of anilines is 1. The normalized spacial score (nSPS) is 13.1. The molecule has 0 spiro atoms. The van der Waals surface area contributed by atoms with Crippen molar-refractivity contribution in [3.05, 3.63) is 16.2 Å². The van der Waals surface area contributed by atoms with Gasteiger partial charge >= 0.3 is 0 Å². The van der Waals surface area contributed by atoms with E-state index in [-0.39, 0.29) is 17.6 Å². The number of hydrogen-bond donors (Lipinski definition) is 3. The first kappa shape index (κ1) is 11.6. The van der Waals surface area contributed by atoms with Crippen molar-refractivity contribution in [3.63, 3.8) is 0 Å². The minimum atomic E-state index is -0.300. The number of nitrogens with one attached hydrogen (secondary N) is 2. The summed E-state index contributed by atoms with van der Waals surface area (Å²) in [7, 11) is 1.66. The Morgan fingerprint density at radius 1 is 1.41 bits per heavy atom. The summed E-state index contributed by atoms with van der Waals surface area (Å²) in [5.74, 6) is 0.790. The van der Waals surface area contributed by atoms with Crippen LogP contribution in [-0.2, 0) is 11.2 Å². The lowest BCUT2D eigenvalue weighted by atomic mass is 10.2. The molecule has 2 aromatic heterocycles. The maximum Gasteiger partial charge on any atom is 0.278 e. The molecule has 0 saturated heterocycles. The van der Waals surface area contributed by atoms with Gasteiger partial charge in [0.1, 0.15) is 5.82 Å². The number of fused-ring (bicyclic) bond motifs is 1. The van der Waals surface area contributed by atoms with Gasteiger partial charge in [0, 0.05) is 13.5 Å². The molecule has 2 heterocycles. The monoisotopic (exact) mass is 237 g/mol. The number of aryl methyl sites for hydroxylation is 1. The van der Waals surface area contributed by atoms with E-state index in [4.69, 9.17) is 10.5 Å². The Labute approximate surface area is 97.4 Å². The fraction of sp³-hybridized carbons (Fsp3) is 0.500. The molecule has 0 saturated carbocycles.